The van der Waals surface area contributed by atoms with Crippen LogP contribution >= 0.6 is 0 Å². The van der Waals surface area contributed by atoms with Crippen molar-refractivity contribution in [2.24, 2.45) is 0 Å². The van der Waals surface area contributed by atoms with E-state index in [1.807, 2.05) is 24.3 Å². The number of benzene rings is 1. The Bertz CT molecular complexity index is 959. The molecule has 31 heavy (non-hydrogen) atoms. The Balaban J connectivity index is 1.39. The van der Waals surface area contributed by atoms with Gasteiger partial charge in [0.05, 0.1) is 14.2 Å². The number of ether oxygens (including phenoxy) is 2. The van der Waals surface area contributed by atoms with Gasteiger partial charge in [0.2, 0.25) is 5.91 Å². The van der Waals surface area contributed by atoms with E-state index in [0.717, 1.165) is 16.7 Å². The van der Waals surface area contributed by atoms with Crippen LogP contribution in [0.4, 0.5) is 4.79 Å². The Morgan fingerprint density at radius 3 is 2.48 bits per heavy atom. The number of methoxy groups -OCH3 is 2. The zero-order valence-electron chi connectivity index (χ0n) is 17.5. The fourth-order valence-electron chi connectivity index (χ4n) is 3.97. The molecule has 4 amide bonds. The highest BCUT2D eigenvalue weighted by molar-refractivity contribution is 6.05. The molecule has 0 aliphatic carbocycles. The van der Waals surface area contributed by atoms with Gasteiger partial charge in [0.15, 0.2) is 11.5 Å². The van der Waals surface area contributed by atoms with Crippen molar-refractivity contribution in [3.05, 3.63) is 53.3 Å². The summed E-state index contributed by atoms with van der Waals surface area (Å²) in [5, 5.41) is 2.80. The lowest BCUT2D eigenvalue weighted by atomic mass is 9.94. The van der Waals surface area contributed by atoms with E-state index in [2.05, 4.69) is 10.3 Å². The standard InChI is InChI=1S/C22H24N4O5/c1-30-18-10-15-9-17-21(28)25(22(29)26(17)13-16(15)11-19(18)31-2)8-5-20(27)24-12-14-3-6-23-7-4-14/h3-4,6-7,10-11,17H,5,8-9,12-13H2,1-2H3,(H,24,27)/t17-/m0/s1. The Hall–Kier alpha value is -3.62. The van der Waals surface area contributed by atoms with Crippen LogP contribution in [0.2, 0.25) is 0 Å². The number of carbonyl (C=O) groups excluding carboxylic acids is 3. The number of hydrogen-bond donors (Lipinski definition) is 1. The number of imide groups is 1. The normalized spacial score (nSPS) is 17.3. The molecule has 1 aromatic heterocycles. The van der Waals surface area contributed by atoms with Crippen molar-refractivity contribution in [2.75, 3.05) is 20.8 Å². The molecule has 0 radical (unpaired) electrons. The maximum atomic E-state index is 12.9. The van der Waals surface area contributed by atoms with Gasteiger partial charge in [-0.05, 0) is 41.0 Å². The van der Waals surface area contributed by atoms with Crippen LogP contribution in [0.25, 0.3) is 0 Å². The first-order valence-electron chi connectivity index (χ1n) is 10.0. The minimum Gasteiger partial charge on any atom is -0.493 e. The van der Waals surface area contributed by atoms with Gasteiger partial charge >= 0.3 is 6.03 Å². The van der Waals surface area contributed by atoms with Crippen LogP contribution in [-0.4, -0.2) is 59.4 Å². The fourth-order valence-corrected chi connectivity index (χ4v) is 3.97. The van der Waals surface area contributed by atoms with E-state index in [1.165, 1.54) is 4.90 Å². The number of aromatic nitrogens is 1. The molecule has 1 fully saturated rings. The number of hydrogen-bond acceptors (Lipinski definition) is 6. The largest absolute Gasteiger partial charge is 0.493 e. The van der Waals surface area contributed by atoms with E-state index >= 15 is 0 Å². The molecule has 2 aliphatic heterocycles. The van der Waals surface area contributed by atoms with E-state index in [-0.39, 0.29) is 30.8 Å². The van der Waals surface area contributed by atoms with Crippen molar-refractivity contribution in [3.63, 3.8) is 0 Å². The summed E-state index contributed by atoms with van der Waals surface area (Å²) in [6.45, 7) is 0.739. The first-order valence-corrected chi connectivity index (χ1v) is 10.0. The zero-order valence-corrected chi connectivity index (χ0v) is 17.5. The molecular formula is C22H24N4O5. The first kappa shape index (κ1) is 20.6. The molecule has 1 atom stereocenters. The van der Waals surface area contributed by atoms with E-state index < -0.39 is 6.04 Å². The molecule has 0 saturated carbocycles. The molecule has 1 N–H and O–H groups in total. The molecule has 0 unspecified atom stereocenters. The Morgan fingerprint density at radius 1 is 1.13 bits per heavy atom. The fraction of sp³-hybridized carbons (Fsp3) is 0.364. The number of rotatable bonds is 7. The van der Waals surface area contributed by atoms with Gasteiger partial charge < -0.3 is 19.7 Å². The highest BCUT2D eigenvalue weighted by Crippen LogP contribution is 2.37. The molecule has 4 rings (SSSR count). The number of pyridine rings is 1. The lowest BCUT2D eigenvalue weighted by Gasteiger charge is -2.29. The van der Waals surface area contributed by atoms with Crippen molar-refractivity contribution in [3.8, 4) is 11.5 Å². The third-order valence-electron chi connectivity index (χ3n) is 5.67. The van der Waals surface area contributed by atoms with E-state index in [0.29, 0.717) is 31.0 Å². The topological polar surface area (TPSA) is 101 Å². The summed E-state index contributed by atoms with van der Waals surface area (Å²) in [5.41, 5.74) is 2.81. The van der Waals surface area contributed by atoms with Crippen LogP contribution in [0.1, 0.15) is 23.1 Å². The number of nitrogens with one attached hydrogen (secondary N) is 1. The average Bonchev–Trinajstić information content (AvgIpc) is 3.03. The van der Waals surface area contributed by atoms with Gasteiger partial charge in [-0.15, -0.1) is 0 Å². The predicted octanol–water partition coefficient (Wildman–Crippen LogP) is 1.49. The van der Waals surface area contributed by atoms with Crippen molar-refractivity contribution in [1.29, 1.82) is 0 Å². The molecular weight excluding hydrogens is 400 g/mol. The number of carbonyl (C=O) groups is 3. The molecule has 9 nitrogen and oxygen atoms in total. The highest BCUT2D eigenvalue weighted by atomic mass is 16.5. The highest BCUT2D eigenvalue weighted by Gasteiger charge is 2.47. The van der Waals surface area contributed by atoms with Crippen LogP contribution in [0.5, 0.6) is 11.5 Å². The van der Waals surface area contributed by atoms with Crippen LogP contribution in [0.3, 0.4) is 0 Å². The SMILES string of the molecule is COc1cc2c(cc1OC)CN1C(=O)N(CCC(=O)NCc3ccncc3)C(=O)[C@@H]1C2. The van der Waals surface area contributed by atoms with Crippen molar-refractivity contribution < 1.29 is 23.9 Å². The molecule has 2 aliphatic rings. The molecule has 1 aromatic carbocycles. The second kappa shape index (κ2) is 8.63. The molecule has 0 bridgehead atoms. The summed E-state index contributed by atoms with van der Waals surface area (Å²) in [6.07, 6.45) is 3.77. The van der Waals surface area contributed by atoms with Gasteiger partial charge in [0.25, 0.3) is 5.91 Å². The first-order chi connectivity index (χ1) is 15.0. The minimum absolute atomic E-state index is 0.0514. The summed E-state index contributed by atoms with van der Waals surface area (Å²) in [6, 6.07) is 6.41. The molecule has 1 saturated heterocycles. The summed E-state index contributed by atoms with van der Waals surface area (Å²) in [4.78, 5) is 44.6. The van der Waals surface area contributed by atoms with Crippen LogP contribution in [0.15, 0.2) is 36.7 Å². The lowest BCUT2D eigenvalue weighted by molar-refractivity contribution is -0.129. The van der Waals surface area contributed by atoms with E-state index in [4.69, 9.17) is 9.47 Å². The molecule has 162 valence electrons. The summed E-state index contributed by atoms with van der Waals surface area (Å²) in [7, 11) is 3.12. The summed E-state index contributed by atoms with van der Waals surface area (Å²) < 4.78 is 10.7. The van der Waals surface area contributed by atoms with Crippen molar-refractivity contribution in [1.82, 2.24) is 20.1 Å². The quantitative estimate of drug-likeness (QED) is 0.676. The number of nitrogens with zero attached hydrogens (tertiary/aromatic N) is 3. The number of fused-ring (bicyclic) bond motifs is 2. The van der Waals surface area contributed by atoms with E-state index in [9.17, 15) is 14.4 Å². The van der Waals surface area contributed by atoms with Gasteiger partial charge in [-0.1, -0.05) is 0 Å². The Morgan fingerprint density at radius 2 is 1.81 bits per heavy atom. The van der Waals surface area contributed by atoms with Gasteiger partial charge in [-0.25, -0.2) is 4.79 Å². The molecule has 9 heteroatoms. The third kappa shape index (κ3) is 4.03. The van der Waals surface area contributed by atoms with Crippen molar-refractivity contribution in [2.45, 2.75) is 32.0 Å². The predicted molar refractivity (Wildman–Crippen MR) is 110 cm³/mol. The zero-order chi connectivity index (χ0) is 22.0. The second-order valence-corrected chi connectivity index (χ2v) is 7.48. The lowest BCUT2D eigenvalue weighted by Crippen LogP contribution is -2.40. The maximum Gasteiger partial charge on any atom is 0.327 e. The minimum atomic E-state index is -0.557. The number of urea groups is 1. The molecule has 2 aromatic rings. The van der Waals surface area contributed by atoms with Crippen LogP contribution < -0.4 is 14.8 Å². The Labute approximate surface area is 179 Å². The van der Waals surface area contributed by atoms with Crippen LogP contribution in [0, 0.1) is 0 Å². The summed E-state index contributed by atoms with van der Waals surface area (Å²) >= 11 is 0. The monoisotopic (exact) mass is 424 g/mol. The van der Waals surface area contributed by atoms with Gasteiger partial charge in [0, 0.05) is 44.9 Å². The van der Waals surface area contributed by atoms with Crippen molar-refractivity contribution >= 4 is 17.8 Å². The van der Waals surface area contributed by atoms with Gasteiger partial charge in [0.1, 0.15) is 6.04 Å². The second-order valence-electron chi connectivity index (χ2n) is 7.48. The maximum absolute atomic E-state index is 12.9. The summed E-state index contributed by atoms with van der Waals surface area (Å²) in [5.74, 6) is 0.682. The average molecular weight is 424 g/mol. The molecule has 0 spiro atoms. The Kier molecular flexibility index (Phi) is 5.75. The van der Waals surface area contributed by atoms with E-state index in [1.54, 1.807) is 31.5 Å². The molecule has 3 heterocycles. The smallest absolute Gasteiger partial charge is 0.327 e. The van der Waals surface area contributed by atoms with Crippen LogP contribution in [-0.2, 0) is 29.1 Å². The number of amides is 4. The third-order valence-corrected chi connectivity index (χ3v) is 5.67. The van der Waals surface area contributed by atoms with Gasteiger partial charge in [-0.2, -0.15) is 0 Å². The van der Waals surface area contributed by atoms with Gasteiger partial charge in [-0.3, -0.25) is 19.5 Å².